The van der Waals surface area contributed by atoms with Crippen molar-refractivity contribution >= 4 is 0 Å². The van der Waals surface area contributed by atoms with Gasteiger partial charge in [-0.15, -0.1) is 0 Å². The molecular weight excluding hydrogens is 150 g/mol. The highest BCUT2D eigenvalue weighted by atomic mass is 14.9. The van der Waals surface area contributed by atoms with Crippen molar-refractivity contribution in [3.63, 3.8) is 0 Å². The fourth-order valence-electron chi connectivity index (χ4n) is 0.986. The minimum Gasteiger partial charge on any atom is -0.330 e. The van der Waals surface area contributed by atoms with Gasteiger partial charge in [-0.3, -0.25) is 0 Å². The molecular formula is C9H15N3. The second-order valence-electron chi connectivity index (χ2n) is 3.09. The van der Waals surface area contributed by atoms with E-state index in [9.17, 15) is 0 Å². The number of nitrogens with two attached hydrogens (primary N) is 1. The lowest BCUT2D eigenvalue weighted by molar-refractivity contribution is 0.774. The highest BCUT2D eigenvalue weighted by Crippen LogP contribution is 2.09. The second-order valence-corrected chi connectivity index (χ2v) is 3.09. The number of rotatable bonds is 3. The first kappa shape index (κ1) is 9.13. The van der Waals surface area contributed by atoms with Crippen LogP contribution in [0.5, 0.6) is 0 Å². The Kier molecular flexibility index (Phi) is 3.17. The maximum Gasteiger partial charge on any atom is 0.129 e. The van der Waals surface area contributed by atoms with Crippen molar-refractivity contribution in [1.29, 1.82) is 0 Å². The molecule has 1 heterocycles. The second kappa shape index (κ2) is 4.16. The third-order valence-electron chi connectivity index (χ3n) is 1.69. The lowest BCUT2D eigenvalue weighted by Crippen LogP contribution is -2.07. The van der Waals surface area contributed by atoms with Crippen LogP contribution in [0.25, 0.3) is 0 Å². The molecule has 2 N–H and O–H groups in total. The molecule has 0 aliphatic heterocycles. The summed E-state index contributed by atoms with van der Waals surface area (Å²) in [5, 5.41) is 0. The molecule has 1 aromatic heterocycles. The Hall–Kier alpha value is -0.960. The summed E-state index contributed by atoms with van der Waals surface area (Å²) in [6.07, 6.45) is 2.56. The molecule has 0 amide bonds. The first-order chi connectivity index (χ1) is 5.74. The largest absolute Gasteiger partial charge is 0.330 e. The highest BCUT2D eigenvalue weighted by molar-refractivity contribution is 5.06. The molecule has 0 radical (unpaired) electrons. The zero-order valence-electron chi connectivity index (χ0n) is 7.62. The maximum absolute atomic E-state index is 5.41. The summed E-state index contributed by atoms with van der Waals surface area (Å²) in [5.41, 5.74) is 6.50. The van der Waals surface area contributed by atoms with Crippen LogP contribution in [0.15, 0.2) is 12.3 Å². The lowest BCUT2D eigenvalue weighted by atomic mass is 10.1. The number of nitrogens with zero attached hydrogens (tertiary/aromatic N) is 2. The Balaban J connectivity index is 2.81. The van der Waals surface area contributed by atoms with Crippen LogP contribution in [-0.4, -0.2) is 16.5 Å². The van der Waals surface area contributed by atoms with Gasteiger partial charge in [0.1, 0.15) is 5.82 Å². The molecule has 0 unspecified atom stereocenters. The van der Waals surface area contributed by atoms with E-state index < -0.39 is 0 Å². The maximum atomic E-state index is 5.41. The van der Waals surface area contributed by atoms with Crippen LogP contribution in [0.2, 0.25) is 0 Å². The van der Waals surface area contributed by atoms with Gasteiger partial charge in [0.15, 0.2) is 0 Å². The normalized spacial score (nSPS) is 10.7. The standard InChI is InChI=1S/C9H15N3/c1-7(2)8-4-6-11-9(12-8)3-5-10/h4,6-7H,3,5,10H2,1-2H3. The molecule has 0 spiro atoms. The Morgan fingerprint density at radius 3 is 2.83 bits per heavy atom. The summed E-state index contributed by atoms with van der Waals surface area (Å²) < 4.78 is 0. The minimum atomic E-state index is 0.463. The first-order valence-corrected chi connectivity index (χ1v) is 4.26. The third-order valence-corrected chi connectivity index (χ3v) is 1.69. The van der Waals surface area contributed by atoms with Gasteiger partial charge < -0.3 is 5.73 Å². The highest BCUT2D eigenvalue weighted by Gasteiger charge is 2.01. The molecule has 0 aromatic carbocycles. The lowest BCUT2D eigenvalue weighted by Gasteiger charge is -2.04. The van der Waals surface area contributed by atoms with Gasteiger partial charge in [0, 0.05) is 18.3 Å². The number of hydrogen-bond acceptors (Lipinski definition) is 3. The summed E-state index contributed by atoms with van der Waals surface area (Å²) in [5.74, 6) is 1.31. The van der Waals surface area contributed by atoms with E-state index in [0.717, 1.165) is 17.9 Å². The van der Waals surface area contributed by atoms with Crippen molar-refractivity contribution < 1.29 is 0 Å². The molecule has 0 saturated carbocycles. The zero-order valence-corrected chi connectivity index (χ0v) is 7.62. The van der Waals surface area contributed by atoms with Crippen LogP contribution >= 0.6 is 0 Å². The van der Waals surface area contributed by atoms with Gasteiger partial charge in [0.2, 0.25) is 0 Å². The molecule has 1 rings (SSSR count). The van der Waals surface area contributed by atoms with Gasteiger partial charge in [-0.05, 0) is 18.5 Å². The first-order valence-electron chi connectivity index (χ1n) is 4.26. The summed E-state index contributed by atoms with van der Waals surface area (Å²) in [6.45, 7) is 4.85. The van der Waals surface area contributed by atoms with Crippen molar-refractivity contribution in [1.82, 2.24) is 9.97 Å². The molecule has 1 aromatic rings. The summed E-state index contributed by atoms with van der Waals surface area (Å²) in [6, 6.07) is 1.95. The molecule has 0 saturated heterocycles. The average Bonchev–Trinajstić information content (AvgIpc) is 2.05. The smallest absolute Gasteiger partial charge is 0.129 e. The van der Waals surface area contributed by atoms with E-state index >= 15 is 0 Å². The third kappa shape index (κ3) is 2.27. The Labute approximate surface area is 73.0 Å². The molecule has 0 atom stereocenters. The molecule has 0 bridgehead atoms. The van der Waals surface area contributed by atoms with Crippen molar-refractivity contribution in [2.45, 2.75) is 26.2 Å². The monoisotopic (exact) mass is 165 g/mol. The van der Waals surface area contributed by atoms with E-state index in [-0.39, 0.29) is 0 Å². The molecule has 3 heteroatoms. The molecule has 0 aliphatic rings. The molecule has 66 valence electrons. The van der Waals surface area contributed by atoms with E-state index in [2.05, 4.69) is 23.8 Å². The number of aromatic nitrogens is 2. The van der Waals surface area contributed by atoms with E-state index in [1.165, 1.54) is 0 Å². The van der Waals surface area contributed by atoms with Gasteiger partial charge in [-0.1, -0.05) is 13.8 Å². The van der Waals surface area contributed by atoms with Crippen LogP contribution in [0.3, 0.4) is 0 Å². The predicted molar refractivity (Wildman–Crippen MR) is 48.9 cm³/mol. The Morgan fingerprint density at radius 2 is 2.25 bits per heavy atom. The summed E-state index contributed by atoms with van der Waals surface area (Å²) in [7, 11) is 0. The van der Waals surface area contributed by atoms with Crippen LogP contribution in [0.1, 0.15) is 31.3 Å². The fourth-order valence-corrected chi connectivity index (χ4v) is 0.986. The van der Waals surface area contributed by atoms with Crippen molar-refractivity contribution in [3.05, 3.63) is 23.8 Å². The summed E-state index contributed by atoms with van der Waals surface area (Å²) in [4.78, 5) is 8.49. The van der Waals surface area contributed by atoms with Crippen LogP contribution in [0, 0.1) is 0 Å². The fraction of sp³-hybridized carbons (Fsp3) is 0.556. The van der Waals surface area contributed by atoms with E-state index in [4.69, 9.17) is 5.73 Å². The SMILES string of the molecule is CC(C)c1ccnc(CCN)n1. The zero-order chi connectivity index (χ0) is 8.97. The van der Waals surface area contributed by atoms with E-state index in [1.54, 1.807) is 6.20 Å². The van der Waals surface area contributed by atoms with Crippen molar-refractivity contribution in [2.75, 3.05) is 6.54 Å². The molecule has 12 heavy (non-hydrogen) atoms. The topological polar surface area (TPSA) is 51.8 Å². The molecule has 3 nitrogen and oxygen atoms in total. The Morgan fingerprint density at radius 1 is 1.50 bits per heavy atom. The van der Waals surface area contributed by atoms with Gasteiger partial charge in [-0.25, -0.2) is 9.97 Å². The molecule has 0 aliphatic carbocycles. The van der Waals surface area contributed by atoms with Gasteiger partial charge in [-0.2, -0.15) is 0 Å². The van der Waals surface area contributed by atoms with Crippen LogP contribution < -0.4 is 5.73 Å². The summed E-state index contributed by atoms with van der Waals surface area (Å²) >= 11 is 0. The van der Waals surface area contributed by atoms with Gasteiger partial charge >= 0.3 is 0 Å². The average molecular weight is 165 g/mol. The molecule has 0 fully saturated rings. The Bertz CT molecular complexity index is 245. The van der Waals surface area contributed by atoms with E-state index in [0.29, 0.717) is 12.5 Å². The van der Waals surface area contributed by atoms with Crippen molar-refractivity contribution in [3.8, 4) is 0 Å². The van der Waals surface area contributed by atoms with Crippen LogP contribution in [0.4, 0.5) is 0 Å². The van der Waals surface area contributed by atoms with E-state index in [1.807, 2.05) is 6.07 Å². The number of hydrogen-bond donors (Lipinski definition) is 1. The van der Waals surface area contributed by atoms with Crippen LogP contribution in [-0.2, 0) is 6.42 Å². The minimum absolute atomic E-state index is 0.463. The van der Waals surface area contributed by atoms with Gasteiger partial charge in [0.05, 0.1) is 0 Å². The quantitative estimate of drug-likeness (QED) is 0.729. The van der Waals surface area contributed by atoms with Crippen molar-refractivity contribution in [2.24, 2.45) is 5.73 Å². The van der Waals surface area contributed by atoms with Gasteiger partial charge in [0.25, 0.3) is 0 Å². The predicted octanol–water partition coefficient (Wildman–Crippen LogP) is 1.10.